The zero-order chi connectivity index (χ0) is 14.2. The Morgan fingerprint density at radius 2 is 2.14 bits per heavy atom. The van der Waals surface area contributed by atoms with Crippen LogP contribution in [0.3, 0.4) is 0 Å². The van der Waals surface area contributed by atoms with Crippen LogP contribution in [0.25, 0.3) is 11.5 Å². The molecule has 0 amide bonds. The second-order valence-electron chi connectivity index (χ2n) is 4.95. The van der Waals surface area contributed by atoms with E-state index in [4.69, 9.17) is 0 Å². The molecular weight excluding hydrogens is 284 g/mol. The monoisotopic (exact) mass is 298 g/mol. The summed E-state index contributed by atoms with van der Waals surface area (Å²) in [5.74, 6) is 1.79. The average Bonchev–Trinajstić information content (AvgIpc) is 3.13. The minimum atomic E-state index is 0.0581. The predicted octanol–water partition coefficient (Wildman–Crippen LogP) is 1.80. The quantitative estimate of drug-likeness (QED) is 0.781. The van der Waals surface area contributed by atoms with Crippen LogP contribution in [0.5, 0.6) is 0 Å². The van der Waals surface area contributed by atoms with E-state index in [2.05, 4.69) is 30.0 Å². The summed E-state index contributed by atoms with van der Waals surface area (Å²) in [5.41, 5.74) is 2.06. The summed E-state index contributed by atoms with van der Waals surface area (Å²) in [6.07, 6.45) is 3.61. The minimum absolute atomic E-state index is 0.0581. The van der Waals surface area contributed by atoms with Gasteiger partial charge in [-0.3, -0.25) is 4.98 Å². The topological polar surface area (TPSA) is 68.5 Å². The number of rotatable bonds is 2. The van der Waals surface area contributed by atoms with Crippen molar-refractivity contribution < 1.29 is 0 Å². The lowest BCUT2D eigenvalue weighted by Gasteiger charge is -2.25. The van der Waals surface area contributed by atoms with Crippen LogP contribution < -0.4 is 5.32 Å². The number of hydrogen-bond acceptors (Lipinski definition) is 6. The fraction of sp³-hybridized carbons (Fsp3) is 0.286. The van der Waals surface area contributed by atoms with Gasteiger partial charge in [0.25, 0.3) is 0 Å². The van der Waals surface area contributed by atoms with Gasteiger partial charge >= 0.3 is 0 Å². The third-order valence-electron chi connectivity index (χ3n) is 3.61. The normalized spacial score (nSPS) is 17.7. The van der Waals surface area contributed by atoms with Gasteiger partial charge in [-0.25, -0.2) is 4.98 Å². The lowest BCUT2D eigenvalue weighted by atomic mass is 10.1. The Labute approximate surface area is 125 Å². The van der Waals surface area contributed by atoms with Gasteiger partial charge in [0.1, 0.15) is 5.69 Å². The van der Waals surface area contributed by atoms with Gasteiger partial charge < -0.3 is 9.88 Å². The van der Waals surface area contributed by atoms with Crippen LogP contribution >= 0.6 is 11.3 Å². The molecule has 4 rings (SSSR count). The van der Waals surface area contributed by atoms with Crippen molar-refractivity contribution in [3.8, 4) is 11.5 Å². The highest BCUT2D eigenvalue weighted by Gasteiger charge is 2.27. The Morgan fingerprint density at radius 1 is 1.29 bits per heavy atom. The van der Waals surface area contributed by atoms with E-state index in [0.29, 0.717) is 0 Å². The number of fused-ring (bicyclic) bond motifs is 1. The van der Waals surface area contributed by atoms with Gasteiger partial charge in [0, 0.05) is 30.9 Å². The summed E-state index contributed by atoms with van der Waals surface area (Å²) in [6.45, 7) is 3.74. The van der Waals surface area contributed by atoms with Gasteiger partial charge in [-0.1, -0.05) is 0 Å². The SMILES string of the molecule is Cc1nc(-c2nnc3n2CCNC3c2ccncc2)cs1. The zero-order valence-corrected chi connectivity index (χ0v) is 12.3. The van der Waals surface area contributed by atoms with Crippen LogP contribution in [0, 0.1) is 6.92 Å². The fourth-order valence-electron chi connectivity index (χ4n) is 2.64. The molecule has 1 N–H and O–H groups in total. The smallest absolute Gasteiger partial charge is 0.183 e. The molecule has 1 aliphatic rings. The van der Waals surface area contributed by atoms with Crippen LogP contribution in [0.2, 0.25) is 0 Å². The highest BCUT2D eigenvalue weighted by atomic mass is 32.1. The maximum atomic E-state index is 4.52. The first-order chi connectivity index (χ1) is 10.3. The van der Waals surface area contributed by atoms with E-state index in [9.17, 15) is 0 Å². The summed E-state index contributed by atoms with van der Waals surface area (Å²) in [4.78, 5) is 8.60. The Balaban J connectivity index is 1.79. The largest absolute Gasteiger partial charge is 0.307 e. The predicted molar refractivity (Wildman–Crippen MR) is 79.9 cm³/mol. The number of nitrogens with one attached hydrogen (secondary N) is 1. The Hall–Kier alpha value is -2.12. The van der Waals surface area contributed by atoms with Crippen molar-refractivity contribution in [3.63, 3.8) is 0 Å². The first-order valence-corrected chi connectivity index (χ1v) is 7.70. The van der Waals surface area contributed by atoms with Gasteiger partial charge in [0.2, 0.25) is 0 Å². The first-order valence-electron chi connectivity index (χ1n) is 6.82. The highest BCUT2D eigenvalue weighted by molar-refractivity contribution is 7.09. The summed E-state index contributed by atoms with van der Waals surface area (Å²) in [6, 6.07) is 4.08. The fourth-order valence-corrected chi connectivity index (χ4v) is 3.23. The molecule has 3 aromatic rings. The third-order valence-corrected chi connectivity index (χ3v) is 4.38. The van der Waals surface area contributed by atoms with Gasteiger partial charge in [-0.15, -0.1) is 21.5 Å². The van der Waals surface area contributed by atoms with E-state index >= 15 is 0 Å². The molecule has 0 aliphatic carbocycles. The molecule has 106 valence electrons. The van der Waals surface area contributed by atoms with E-state index in [0.717, 1.165) is 41.0 Å². The minimum Gasteiger partial charge on any atom is -0.307 e. The van der Waals surface area contributed by atoms with Crippen molar-refractivity contribution in [3.05, 3.63) is 46.3 Å². The molecular formula is C14H14N6S. The van der Waals surface area contributed by atoms with Crippen molar-refractivity contribution in [2.45, 2.75) is 19.5 Å². The molecule has 7 heteroatoms. The average molecular weight is 298 g/mol. The maximum absolute atomic E-state index is 4.52. The van der Waals surface area contributed by atoms with Gasteiger partial charge in [-0.05, 0) is 24.6 Å². The van der Waals surface area contributed by atoms with E-state index in [1.54, 1.807) is 23.7 Å². The van der Waals surface area contributed by atoms with Gasteiger partial charge in [0.05, 0.1) is 11.0 Å². The lowest BCUT2D eigenvalue weighted by Crippen LogP contribution is -2.34. The third kappa shape index (κ3) is 2.14. The lowest BCUT2D eigenvalue weighted by molar-refractivity contribution is 0.457. The molecule has 0 aromatic carbocycles. The van der Waals surface area contributed by atoms with Crippen LogP contribution in [-0.2, 0) is 6.54 Å². The van der Waals surface area contributed by atoms with Crippen LogP contribution in [-0.4, -0.2) is 31.3 Å². The van der Waals surface area contributed by atoms with E-state index in [1.165, 1.54) is 0 Å². The number of aryl methyl sites for hydroxylation is 1. The van der Waals surface area contributed by atoms with Crippen molar-refractivity contribution in [2.75, 3.05) is 6.54 Å². The number of nitrogens with zero attached hydrogens (tertiary/aromatic N) is 5. The standard InChI is InChI=1S/C14H14N6S/c1-9-17-11(8-21-9)13-18-19-14-12(16-6-7-20(13)14)10-2-4-15-5-3-10/h2-5,8,12,16H,6-7H2,1H3. The zero-order valence-electron chi connectivity index (χ0n) is 11.5. The molecule has 0 fully saturated rings. The summed E-state index contributed by atoms with van der Waals surface area (Å²) in [5, 5.41) is 15.3. The number of hydrogen-bond donors (Lipinski definition) is 1. The van der Waals surface area contributed by atoms with Crippen molar-refractivity contribution >= 4 is 11.3 Å². The van der Waals surface area contributed by atoms with Crippen LogP contribution in [0.1, 0.15) is 22.4 Å². The molecule has 1 atom stereocenters. The van der Waals surface area contributed by atoms with Crippen LogP contribution in [0.15, 0.2) is 29.9 Å². The summed E-state index contributed by atoms with van der Waals surface area (Å²) in [7, 11) is 0. The van der Waals surface area contributed by atoms with E-state index in [1.807, 2.05) is 24.4 Å². The van der Waals surface area contributed by atoms with Crippen LogP contribution in [0.4, 0.5) is 0 Å². The Bertz CT molecular complexity index is 763. The summed E-state index contributed by atoms with van der Waals surface area (Å²) < 4.78 is 2.16. The second kappa shape index (κ2) is 5.01. The highest BCUT2D eigenvalue weighted by Crippen LogP contribution is 2.28. The molecule has 1 aliphatic heterocycles. The first kappa shape index (κ1) is 12.6. The van der Waals surface area contributed by atoms with Gasteiger partial charge in [0.15, 0.2) is 11.6 Å². The molecule has 0 saturated heterocycles. The van der Waals surface area contributed by atoms with Crippen molar-refractivity contribution in [1.29, 1.82) is 0 Å². The van der Waals surface area contributed by atoms with E-state index in [-0.39, 0.29) is 6.04 Å². The maximum Gasteiger partial charge on any atom is 0.183 e. The molecule has 0 spiro atoms. The molecule has 0 radical (unpaired) electrons. The number of pyridine rings is 1. The van der Waals surface area contributed by atoms with Gasteiger partial charge in [-0.2, -0.15) is 0 Å². The summed E-state index contributed by atoms with van der Waals surface area (Å²) >= 11 is 1.63. The Morgan fingerprint density at radius 3 is 2.90 bits per heavy atom. The number of thiazole rings is 1. The molecule has 4 heterocycles. The molecule has 0 saturated carbocycles. The second-order valence-corrected chi connectivity index (χ2v) is 6.02. The van der Waals surface area contributed by atoms with Crippen molar-refractivity contribution in [1.82, 2.24) is 30.0 Å². The molecule has 21 heavy (non-hydrogen) atoms. The molecule has 6 nitrogen and oxygen atoms in total. The van der Waals surface area contributed by atoms with Crippen molar-refractivity contribution in [2.24, 2.45) is 0 Å². The Kier molecular flexibility index (Phi) is 3.01. The van der Waals surface area contributed by atoms with E-state index < -0.39 is 0 Å². The molecule has 1 unspecified atom stereocenters. The molecule has 3 aromatic heterocycles. The molecule has 0 bridgehead atoms. The number of aromatic nitrogens is 5.